The molecule has 4 rings (SSSR count). The third kappa shape index (κ3) is 5.94. The van der Waals surface area contributed by atoms with Crippen molar-refractivity contribution in [1.82, 2.24) is 15.2 Å². The first-order chi connectivity index (χ1) is 18.8. The van der Waals surface area contributed by atoms with Crippen LogP contribution in [0.25, 0.3) is 0 Å². The molecule has 13 nitrogen and oxygen atoms in total. The molecule has 0 saturated carbocycles. The van der Waals surface area contributed by atoms with Crippen molar-refractivity contribution in [2.75, 3.05) is 38.4 Å². The highest BCUT2D eigenvalue weighted by atomic mass is 32.2. The van der Waals surface area contributed by atoms with Gasteiger partial charge < -0.3 is 30.1 Å². The number of oxime groups is 1. The van der Waals surface area contributed by atoms with Gasteiger partial charge in [-0.05, 0) is 32.3 Å². The van der Waals surface area contributed by atoms with Crippen LogP contribution in [0.4, 0.5) is 5.13 Å². The number of β-lactam (4-membered cyclic amide) rings is 1. The largest absolute Gasteiger partial charge is 0.463 e. The SMILES string of the molecule is C/C=C(/COC(=O)C1=C([C@@H]2CCCO2)CS[C@@H]2[C@H](NC(=O)/C(=N/OC)c3csc(N)n3)C(=O)N12)C(=O)OCC. The molecule has 1 aromatic rings. The van der Waals surface area contributed by atoms with E-state index in [0.717, 1.165) is 17.8 Å². The molecule has 0 bridgehead atoms. The van der Waals surface area contributed by atoms with Crippen molar-refractivity contribution >= 4 is 57.7 Å². The number of carbonyl (C=O) groups is 4. The number of nitrogens with one attached hydrogen (secondary N) is 1. The Balaban J connectivity index is 1.53. The third-order valence-corrected chi connectivity index (χ3v) is 8.18. The molecule has 15 heteroatoms. The average molecular weight is 580 g/mol. The summed E-state index contributed by atoms with van der Waals surface area (Å²) < 4.78 is 16.3. The van der Waals surface area contributed by atoms with Crippen molar-refractivity contribution in [3.05, 3.63) is 34.0 Å². The Kier molecular flexibility index (Phi) is 9.24. The van der Waals surface area contributed by atoms with Crippen LogP contribution in [-0.2, 0) is 38.2 Å². The predicted octanol–water partition coefficient (Wildman–Crippen LogP) is 0.961. The Morgan fingerprint density at radius 2 is 2.15 bits per heavy atom. The van der Waals surface area contributed by atoms with E-state index in [1.54, 1.807) is 19.2 Å². The summed E-state index contributed by atoms with van der Waals surface area (Å²) in [6.07, 6.45) is 2.71. The smallest absolute Gasteiger partial charge is 0.355 e. The monoisotopic (exact) mass is 579 g/mol. The van der Waals surface area contributed by atoms with Gasteiger partial charge in [-0.2, -0.15) is 0 Å². The highest BCUT2D eigenvalue weighted by Crippen LogP contribution is 2.43. The van der Waals surface area contributed by atoms with Crippen LogP contribution in [0.1, 0.15) is 32.4 Å². The molecule has 0 aliphatic carbocycles. The van der Waals surface area contributed by atoms with E-state index in [0.29, 0.717) is 24.4 Å². The Bertz CT molecular complexity index is 1240. The standard InChI is InChI=1S/C24H29N5O8S2/c1-4-12(22(32)35-5-2)9-37-23(33)18-13(15-7-6-8-36-15)10-38-21-17(20(31)29(18)21)27-19(30)16(28-34-3)14-11-39-24(25)26-14/h4,11,15,17,21H,5-10H2,1-3H3,(H2,25,26)(H,27,30)/b12-4-,28-16+/t15-,17+,21+/m0/s1. The van der Waals surface area contributed by atoms with E-state index < -0.39 is 35.2 Å². The van der Waals surface area contributed by atoms with Gasteiger partial charge >= 0.3 is 11.9 Å². The first kappa shape index (κ1) is 28.6. The molecular weight excluding hydrogens is 550 g/mol. The number of hydrogen-bond donors (Lipinski definition) is 2. The minimum atomic E-state index is -0.931. The van der Waals surface area contributed by atoms with E-state index in [-0.39, 0.29) is 47.1 Å². The van der Waals surface area contributed by atoms with Gasteiger partial charge in [-0.3, -0.25) is 14.5 Å². The Morgan fingerprint density at radius 3 is 2.77 bits per heavy atom. The molecule has 2 saturated heterocycles. The summed E-state index contributed by atoms with van der Waals surface area (Å²) in [5, 5.41) is 7.66. The molecule has 2 fully saturated rings. The van der Waals surface area contributed by atoms with E-state index in [1.165, 1.54) is 29.8 Å². The van der Waals surface area contributed by atoms with Crippen LogP contribution in [0.3, 0.4) is 0 Å². The van der Waals surface area contributed by atoms with Gasteiger partial charge in [0.1, 0.15) is 36.5 Å². The molecule has 2 amide bonds. The number of nitrogen functional groups attached to an aromatic ring is 1. The minimum Gasteiger partial charge on any atom is -0.463 e. The molecule has 4 heterocycles. The second-order valence-electron chi connectivity index (χ2n) is 8.54. The fraction of sp³-hybridized carbons (Fsp3) is 0.500. The Hall–Kier alpha value is -3.43. The maximum Gasteiger partial charge on any atom is 0.355 e. The fourth-order valence-corrected chi connectivity index (χ4v) is 6.28. The fourth-order valence-electron chi connectivity index (χ4n) is 4.33. The van der Waals surface area contributed by atoms with Gasteiger partial charge in [0, 0.05) is 17.7 Å². The molecule has 0 aromatic carbocycles. The van der Waals surface area contributed by atoms with Crippen molar-refractivity contribution in [3.8, 4) is 0 Å². The zero-order valence-electron chi connectivity index (χ0n) is 21.6. The number of amides is 2. The lowest BCUT2D eigenvalue weighted by Crippen LogP contribution is -2.71. The van der Waals surface area contributed by atoms with Crippen LogP contribution in [0.5, 0.6) is 0 Å². The van der Waals surface area contributed by atoms with E-state index in [1.807, 2.05) is 0 Å². The number of rotatable bonds is 10. The van der Waals surface area contributed by atoms with Gasteiger partial charge in [-0.15, -0.1) is 23.1 Å². The number of fused-ring (bicyclic) bond motifs is 1. The number of nitrogens with two attached hydrogens (primary N) is 1. The summed E-state index contributed by atoms with van der Waals surface area (Å²) in [4.78, 5) is 62.0. The van der Waals surface area contributed by atoms with Gasteiger partial charge in [0.05, 0.1) is 18.3 Å². The lowest BCUT2D eigenvalue weighted by atomic mass is 9.99. The Labute approximate surface area is 232 Å². The molecule has 0 spiro atoms. The zero-order chi connectivity index (χ0) is 28.1. The molecule has 39 heavy (non-hydrogen) atoms. The number of ether oxygens (including phenoxy) is 3. The van der Waals surface area contributed by atoms with E-state index >= 15 is 0 Å². The summed E-state index contributed by atoms with van der Waals surface area (Å²) in [5.74, 6) is -2.12. The summed E-state index contributed by atoms with van der Waals surface area (Å²) >= 11 is 2.53. The first-order valence-corrected chi connectivity index (χ1v) is 14.2. The number of hydrogen-bond acceptors (Lipinski definition) is 13. The van der Waals surface area contributed by atoms with Crippen molar-refractivity contribution in [2.45, 2.75) is 44.2 Å². The quantitative estimate of drug-likeness (QED) is 0.133. The highest BCUT2D eigenvalue weighted by Gasteiger charge is 2.55. The number of allylic oxidation sites excluding steroid dienone is 1. The van der Waals surface area contributed by atoms with Crippen LogP contribution in [0.2, 0.25) is 0 Å². The van der Waals surface area contributed by atoms with Gasteiger partial charge in [0.15, 0.2) is 10.8 Å². The van der Waals surface area contributed by atoms with Crippen LogP contribution in [0, 0.1) is 0 Å². The van der Waals surface area contributed by atoms with Crippen LogP contribution in [-0.4, -0.2) is 89.6 Å². The van der Waals surface area contributed by atoms with E-state index in [9.17, 15) is 19.2 Å². The molecule has 3 aliphatic rings. The normalized spacial score (nSPS) is 23.2. The van der Waals surface area contributed by atoms with E-state index in [4.69, 9.17) is 24.8 Å². The average Bonchev–Trinajstić information content (AvgIpc) is 3.62. The number of nitrogens with zero attached hydrogens (tertiary/aromatic N) is 3. The predicted molar refractivity (Wildman–Crippen MR) is 142 cm³/mol. The summed E-state index contributed by atoms with van der Waals surface area (Å²) in [7, 11) is 1.28. The van der Waals surface area contributed by atoms with Crippen molar-refractivity contribution in [2.24, 2.45) is 5.16 Å². The van der Waals surface area contributed by atoms with Gasteiger partial charge in [0.2, 0.25) is 0 Å². The maximum atomic E-state index is 13.4. The lowest BCUT2D eigenvalue weighted by molar-refractivity contribution is -0.152. The molecule has 3 aliphatic heterocycles. The Morgan fingerprint density at radius 1 is 1.36 bits per heavy atom. The second-order valence-corrected chi connectivity index (χ2v) is 10.5. The number of thiazole rings is 1. The summed E-state index contributed by atoms with van der Waals surface area (Å²) in [5.41, 5.74) is 6.67. The molecule has 0 unspecified atom stereocenters. The highest BCUT2D eigenvalue weighted by molar-refractivity contribution is 8.00. The van der Waals surface area contributed by atoms with Gasteiger partial charge in [-0.25, -0.2) is 14.6 Å². The number of carbonyl (C=O) groups excluding carboxylic acids is 4. The van der Waals surface area contributed by atoms with Gasteiger partial charge in [0.25, 0.3) is 11.8 Å². The molecule has 1 aromatic heterocycles. The van der Waals surface area contributed by atoms with Crippen molar-refractivity contribution in [1.29, 1.82) is 0 Å². The number of anilines is 1. The number of thioether (sulfide) groups is 1. The molecule has 3 N–H and O–H groups in total. The first-order valence-electron chi connectivity index (χ1n) is 12.2. The van der Waals surface area contributed by atoms with Crippen molar-refractivity contribution in [3.63, 3.8) is 0 Å². The second kappa shape index (κ2) is 12.6. The molecular formula is C24H29N5O8S2. The number of esters is 2. The maximum absolute atomic E-state index is 13.4. The third-order valence-electron chi connectivity index (χ3n) is 6.20. The molecule has 0 radical (unpaired) electrons. The number of aromatic nitrogens is 1. The van der Waals surface area contributed by atoms with E-state index in [2.05, 4.69) is 15.5 Å². The lowest BCUT2D eigenvalue weighted by Gasteiger charge is -2.50. The molecule has 210 valence electrons. The van der Waals surface area contributed by atoms with Gasteiger partial charge in [-0.1, -0.05) is 11.2 Å². The summed E-state index contributed by atoms with van der Waals surface area (Å²) in [6, 6.07) is -0.931. The topological polar surface area (TPSA) is 172 Å². The van der Waals surface area contributed by atoms with Crippen LogP contribution in [0.15, 0.2) is 33.5 Å². The van der Waals surface area contributed by atoms with Crippen molar-refractivity contribution < 1.29 is 38.2 Å². The van der Waals surface area contributed by atoms with Crippen LogP contribution < -0.4 is 11.1 Å². The minimum absolute atomic E-state index is 0.0820. The summed E-state index contributed by atoms with van der Waals surface area (Å²) in [6.45, 7) is 3.73. The zero-order valence-corrected chi connectivity index (χ0v) is 23.3. The van der Waals surface area contributed by atoms with Crippen LogP contribution >= 0.6 is 23.1 Å². The molecule has 3 atom stereocenters.